The molecule has 3 aromatic rings. The van der Waals surface area contributed by atoms with E-state index in [2.05, 4.69) is 5.32 Å². The predicted octanol–water partition coefficient (Wildman–Crippen LogP) is 4.86. The standard InChI is InChI=1S/C22H23FN2O2/c1-14-15(2)21(22(26)24-18-9-11-19(27-4)12-10-18)25(16(14)3)13-17-7-5-6-8-20(17)23/h5-12H,13H2,1-4H3,(H,24,26). The molecule has 5 heteroatoms. The van der Waals surface area contributed by atoms with Crippen LogP contribution in [0.4, 0.5) is 10.1 Å². The van der Waals surface area contributed by atoms with Crippen LogP contribution in [0.1, 0.15) is 32.9 Å². The zero-order valence-corrected chi connectivity index (χ0v) is 16.0. The van der Waals surface area contributed by atoms with Crippen LogP contribution in [-0.2, 0) is 6.54 Å². The Morgan fingerprint density at radius 1 is 1.04 bits per heavy atom. The lowest BCUT2D eigenvalue weighted by Crippen LogP contribution is -2.19. The third-order valence-corrected chi connectivity index (χ3v) is 4.98. The third-order valence-electron chi connectivity index (χ3n) is 4.98. The van der Waals surface area contributed by atoms with Crippen molar-refractivity contribution in [3.8, 4) is 5.75 Å². The molecule has 2 aromatic carbocycles. The lowest BCUT2D eigenvalue weighted by atomic mass is 10.1. The summed E-state index contributed by atoms with van der Waals surface area (Å²) in [6, 6.07) is 13.8. The monoisotopic (exact) mass is 366 g/mol. The van der Waals surface area contributed by atoms with Gasteiger partial charge in [-0.3, -0.25) is 4.79 Å². The quantitative estimate of drug-likeness (QED) is 0.701. The summed E-state index contributed by atoms with van der Waals surface area (Å²) in [6.07, 6.45) is 0. The van der Waals surface area contributed by atoms with Crippen LogP contribution in [-0.4, -0.2) is 17.6 Å². The van der Waals surface area contributed by atoms with E-state index >= 15 is 0 Å². The first kappa shape index (κ1) is 18.7. The molecule has 3 rings (SSSR count). The van der Waals surface area contributed by atoms with Crippen molar-refractivity contribution in [2.75, 3.05) is 12.4 Å². The number of hydrogen-bond acceptors (Lipinski definition) is 2. The first-order valence-electron chi connectivity index (χ1n) is 8.77. The molecule has 0 fully saturated rings. The van der Waals surface area contributed by atoms with Gasteiger partial charge in [0.25, 0.3) is 5.91 Å². The summed E-state index contributed by atoms with van der Waals surface area (Å²) in [5, 5.41) is 2.92. The zero-order valence-electron chi connectivity index (χ0n) is 16.0. The SMILES string of the molecule is COc1ccc(NC(=O)c2c(C)c(C)c(C)n2Cc2ccccc2F)cc1. The number of anilines is 1. The highest BCUT2D eigenvalue weighted by Crippen LogP contribution is 2.25. The van der Waals surface area contributed by atoms with Crippen LogP contribution in [0, 0.1) is 26.6 Å². The number of carbonyl (C=O) groups is 1. The number of amides is 1. The van der Waals surface area contributed by atoms with E-state index in [-0.39, 0.29) is 11.7 Å². The van der Waals surface area contributed by atoms with Gasteiger partial charge in [-0.25, -0.2) is 4.39 Å². The molecule has 1 N–H and O–H groups in total. The van der Waals surface area contributed by atoms with Crippen molar-refractivity contribution >= 4 is 11.6 Å². The average molecular weight is 366 g/mol. The molecule has 1 amide bonds. The summed E-state index contributed by atoms with van der Waals surface area (Å²) in [6.45, 7) is 6.15. The molecule has 0 saturated carbocycles. The Morgan fingerprint density at radius 2 is 1.70 bits per heavy atom. The van der Waals surface area contributed by atoms with E-state index < -0.39 is 0 Å². The molecule has 27 heavy (non-hydrogen) atoms. The number of hydrogen-bond donors (Lipinski definition) is 1. The minimum absolute atomic E-state index is 0.217. The summed E-state index contributed by atoms with van der Waals surface area (Å²) in [5.74, 6) is 0.228. The van der Waals surface area contributed by atoms with Crippen LogP contribution in [0.3, 0.4) is 0 Å². The summed E-state index contributed by atoms with van der Waals surface area (Å²) in [7, 11) is 1.60. The first-order valence-corrected chi connectivity index (χ1v) is 8.77. The van der Waals surface area contributed by atoms with E-state index in [0.29, 0.717) is 23.5 Å². The van der Waals surface area contributed by atoms with Crippen molar-refractivity contribution < 1.29 is 13.9 Å². The molecule has 1 aromatic heterocycles. The first-order chi connectivity index (χ1) is 12.9. The number of nitrogens with one attached hydrogen (secondary N) is 1. The molecule has 0 aliphatic carbocycles. The third kappa shape index (κ3) is 3.72. The highest BCUT2D eigenvalue weighted by atomic mass is 19.1. The maximum atomic E-state index is 14.1. The van der Waals surface area contributed by atoms with Crippen LogP contribution >= 0.6 is 0 Å². The summed E-state index contributed by atoms with van der Waals surface area (Å²) >= 11 is 0. The molecular weight excluding hydrogens is 343 g/mol. The number of halogens is 1. The number of methoxy groups -OCH3 is 1. The predicted molar refractivity (Wildman–Crippen MR) is 105 cm³/mol. The van der Waals surface area contributed by atoms with Crippen LogP contribution in [0.2, 0.25) is 0 Å². The van der Waals surface area contributed by atoms with Crippen molar-refractivity contribution in [2.24, 2.45) is 0 Å². The van der Waals surface area contributed by atoms with Gasteiger partial charge >= 0.3 is 0 Å². The second kappa shape index (κ2) is 7.66. The second-order valence-corrected chi connectivity index (χ2v) is 6.54. The highest BCUT2D eigenvalue weighted by molar-refractivity contribution is 6.04. The van der Waals surface area contributed by atoms with Crippen molar-refractivity contribution in [3.63, 3.8) is 0 Å². The van der Waals surface area contributed by atoms with Gasteiger partial charge in [0.15, 0.2) is 0 Å². The molecule has 0 bridgehead atoms. The smallest absolute Gasteiger partial charge is 0.272 e. The fourth-order valence-corrected chi connectivity index (χ4v) is 3.17. The molecule has 0 atom stereocenters. The number of benzene rings is 2. The maximum Gasteiger partial charge on any atom is 0.272 e. The fraction of sp³-hybridized carbons (Fsp3) is 0.227. The van der Waals surface area contributed by atoms with Crippen molar-refractivity contribution in [3.05, 3.63) is 82.4 Å². The van der Waals surface area contributed by atoms with Gasteiger partial charge < -0.3 is 14.6 Å². The van der Waals surface area contributed by atoms with Gasteiger partial charge in [-0.1, -0.05) is 18.2 Å². The number of carbonyl (C=O) groups excluding carboxylic acids is 1. The Hall–Kier alpha value is -3.08. The summed E-state index contributed by atoms with van der Waals surface area (Å²) in [4.78, 5) is 13.0. The number of nitrogens with zero attached hydrogens (tertiary/aromatic N) is 1. The highest BCUT2D eigenvalue weighted by Gasteiger charge is 2.21. The molecule has 0 aliphatic rings. The number of aromatic nitrogens is 1. The lowest BCUT2D eigenvalue weighted by Gasteiger charge is -2.14. The Bertz CT molecular complexity index is 975. The van der Waals surface area contributed by atoms with Crippen molar-refractivity contribution in [1.29, 1.82) is 0 Å². The van der Waals surface area contributed by atoms with Gasteiger partial charge in [-0.2, -0.15) is 0 Å². The summed E-state index contributed by atoms with van der Waals surface area (Å²) in [5.41, 5.74) is 4.66. The molecule has 0 radical (unpaired) electrons. The van der Waals surface area contributed by atoms with E-state index in [1.165, 1.54) is 6.07 Å². The van der Waals surface area contributed by atoms with Crippen LogP contribution in [0.15, 0.2) is 48.5 Å². The van der Waals surface area contributed by atoms with Crippen molar-refractivity contribution in [2.45, 2.75) is 27.3 Å². The van der Waals surface area contributed by atoms with Crippen LogP contribution in [0.5, 0.6) is 5.75 Å². The van der Waals surface area contributed by atoms with E-state index in [0.717, 1.165) is 22.6 Å². The minimum Gasteiger partial charge on any atom is -0.497 e. The largest absolute Gasteiger partial charge is 0.497 e. The van der Waals surface area contributed by atoms with Gasteiger partial charge in [0, 0.05) is 16.9 Å². The Kier molecular flexibility index (Phi) is 5.31. The number of rotatable bonds is 5. The summed E-state index contributed by atoms with van der Waals surface area (Å²) < 4.78 is 21.2. The van der Waals surface area contributed by atoms with E-state index in [1.54, 1.807) is 49.6 Å². The Balaban J connectivity index is 1.95. The molecule has 1 heterocycles. The molecule has 140 valence electrons. The average Bonchev–Trinajstić information content (AvgIpc) is 2.88. The minimum atomic E-state index is -0.276. The normalized spacial score (nSPS) is 10.7. The number of ether oxygens (including phenoxy) is 1. The van der Waals surface area contributed by atoms with E-state index in [9.17, 15) is 9.18 Å². The van der Waals surface area contributed by atoms with Crippen LogP contribution < -0.4 is 10.1 Å². The van der Waals surface area contributed by atoms with Gasteiger partial charge in [-0.15, -0.1) is 0 Å². The Morgan fingerprint density at radius 3 is 2.33 bits per heavy atom. The van der Waals surface area contributed by atoms with Gasteiger partial charge in [0.05, 0.1) is 13.7 Å². The maximum absolute atomic E-state index is 14.1. The molecular formula is C22H23FN2O2. The van der Waals surface area contributed by atoms with Gasteiger partial charge in [0.2, 0.25) is 0 Å². The van der Waals surface area contributed by atoms with Gasteiger partial charge in [0.1, 0.15) is 17.3 Å². The second-order valence-electron chi connectivity index (χ2n) is 6.54. The molecule has 0 aliphatic heterocycles. The van der Waals surface area contributed by atoms with Gasteiger partial charge in [-0.05, 0) is 62.2 Å². The fourth-order valence-electron chi connectivity index (χ4n) is 3.17. The lowest BCUT2D eigenvalue weighted by molar-refractivity contribution is 0.101. The molecule has 0 spiro atoms. The molecule has 0 unspecified atom stereocenters. The topological polar surface area (TPSA) is 43.3 Å². The molecule has 4 nitrogen and oxygen atoms in total. The van der Waals surface area contributed by atoms with E-state index in [1.807, 2.05) is 25.3 Å². The zero-order chi connectivity index (χ0) is 19.6. The van der Waals surface area contributed by atoms with Crippen molar-refractivity contribution in [1.82, 2.24) is 4.57 Å². The van der Waals surface area contributed by atoms with E-state index in [4.69, 9.17) is 4.74 Å². The van der Waals surface area contributed by atoms with Crippen LogP contribution in [0.25, 0.3) is 0 Å². The molecule has 0 saturated heterocycles. The Labute approximate surface area is 158 Å².